The van der Waals surface area contributed by atoms with Gasteiger partial charge >= 0.3 is 0 Å². The normalized spacial score (nSPS) is 21.7. The fourth-order valence-corrected chi connectivity index (χ4v) is 11.6. The van der Waals surface area contributed by atoms with Crippen molar-refractivity contribution in [2.75, 3.05) is 0 Å². The molecule has 62 heavy (non-hydrogen) atoms. The molecule has 7 aromatic rings. The molecular formula is C58H45N3O. The van der Waals surface area contributed by atoms with Gasteiger partial charge in [0.05, 0.1) is 5.41 Å². The Hall–Kier alpha value is -7.04. The molecular weight excluding hydrogens is 755 g/mol. The highest BCUT2D eigenvalue weighted by atomic mass is 16.5. The van der Waals surface area contributed by atoms with E-state index < -0.39 is 0 Å². The van der Waals surface area contributed by atoms with Crippen molar-refractivity contribution < 1.29 is 4.74 Å². The Morgan fingerprint density at radius 3 is 2.02 bits per heavy atom. The van der Waals surface area contributed by atoms with Crippen LogP contribution in [0.2, 0.25) is 0 Å². The van der Waals surface area contributed by atoms with Crippen molar-refractivity contribution in [1.82, 2.24) is 5.32 Å². The molecule has 7 aromatic carbocycles. The second-order valence-corrected chi connectivity index (χ2v) is 17.6. The molecule has 0 fully saturated rings. The minimum absolute atomic E-state index is 0.0312. The maximum absolute atomic E-state index is 7.20. The van der Waals surface area contributed by atoms with Crippen LogP contribution < -0.4 is 10.1 Å². The van der Waals surface area contributed by atoms with Crippen molar-refractivity contribution in [2.45, 2.75) is 56.2 Å². The van der Waals surface area contributed by atoms with Gasteiger partial charge in [0.2, 0.25) is 0 Å². The number of nitrogens with zero attached hydrogens (tertiary/aromatic N) is 2. The van der Waals surface area contributed by atoms with E-state index in [4.69, 9.17) is 14.7 Å². The molecule has 0 aromatic heterocycles. The largest absolute Gasteiger partial charge is 0.485 e. The molecule has 0 amide bonds. The summed E-state index contributed by atoms with van der Waals surface area (Å²) in [6.07, 6.45) is 22.0. The number of amidine groups is 2. The lowest BCUT2D eigenvalue weighted by atomic mass is 9.62. The Bertz CT molecular complexity index is 3200. The predicted octanol–water partition coefficient (Wildman–Crippen LogP) is 13.3. The summed E-state index contributed by atoms with van der Waals surface area (Å²) in [6, 6.07) is 49.4. The molecule has 13 rings (SSSR count). The van der Waals surface area contributed by atoms with E-state index in [0.717, 1.165) is 67.1 Å². The van der Waals surface area contributed by atoms with Crippen LogP contribution in [0, 0.1) is 5.92 Å². The SMILES string of the molecule is C1=CCCC(C2N=C(c3ccc4c5ccccc5c5ccccc5c4c3)NC(C3C=CC(c4cccc5c4OC4CCCC=C4C54c5ccccc5-c5ccccc54)=CC3)=N2)=C1. The van der Waals surface area contributed by atoms with Crippen LogP contribution in [-0.4, -0.2) is 23.9 Å². The number of nitrogens with one attached hydrogen (secondary N) is 1. The second-order valence-electron chi connectivity index (χ2n) is 17.6. The van der Waals surface area contributed by atoms with Crippen LogP contribution >= 0.6 is 0 Å². The summed E-state index contributed by atoms with van der Waals surface area (Å²) < 4.78 is 7.20. The third-order valence-corrected chi connectivity index (χ3v) is 14.4. The molecule has 2 heterocycles. The molecule has 6 aliphatic rings. The fraction of sp³-hybridized carbons (Fsp3) is 0.172. The summed E-state index contributed by atoms with van der Waals surface area (Å²) in [5.74, 6) is 2.94. The lowest BCUT2D eigenvalue weighted by Gasteiger charge is -2.46. The topological polar surface area (TPSA) is 46.0 Å². The van der Waals surface area contributed by atoms with E-state index in [2.05, 4.69) is 181 Å². The average molecular weight is 800 g/mol. The van der Waals surface area contributed by atoms with Gasteiger partial charge in [0, 0.05) is 22.6 Å². The molecule has 2 aliphatic heterocycles. The number of hydrogen-bond acceptors (Lipinski definition) is 4. The first-order valence-corrected chi connectivity index (χ1v) is 22.4. The van der Waals surface area contributed by atoms with Gasteiger partial charge in [-0.3, -0.25) is 0 Å². The molecule has 3 unspecified atom stereocenters. The lowest BCUT2D eigenvalue weighted by Crippen LogP contribution is -2.43. The molecule has 1 spiro atoms. The van der Waals surface area contributed by atoms with Crippen molar-refractivity contribution in [3.05, 3.63) is 215 Å². The zero-order chi connectivity index (χ0) is 40.8. The van der Waals surface area contributed by atoms with Crippen molar-refractivity contribution in [3.8, 4) is 16.9 Å². The number of benzene rings is 7. The van der Waals surface area contributed by atoms with Gasteiger partial charge in [-0.25, -0.2) is 9.98 Å². The number of rotatable bonds is 4. The van der Waals surface area contributed by atoms with Crippen molar-refractivity contribution in [2.24, 2.45) is 15.9 Å². The molecule has 0 radical (unpaired) electrons. The minimum Gasteiger partial charge on any atom is -0.485 e. The van der Waals surface area contributed by atoms with Crippen molar-refractivity contribution in [3.63, 3.8) is 0 Å². The van der Waals surface area contributed by atoms with Crippen LogP contribution in [0.4, 0.5) is 0 Å². The standard InChI is InChI=1S/C58H45N3O/c1-2-15-37(16-3-1)55-59-56(61-57(60-55)39-33-34-45-43-19-5-4-17-41(43)42-18-6-7-20-44(42)48(45)35-39)38-31-29-36(30-32-38)40-23-14-27-52-54(40)62-53-28-13-12-26-51(53)58(52)49-24-10-8-21-46(49)47-22-9-11-25-50(47)58/h1-2,4-11,14-15,17-27,29-31,33-35,38,53,55H,3,12-13,16,28,32H2,(H,59,60,61). The summed E-state index contributed by atoms with van der Waals surface area (Å²) >= 11 is 0. The fourth-order valence-electron chi connectivity index (χ4n) is 11.6. The first-order valence-electron chi connectivity index (χ1n) is 22.4. The van der Waals surface area contributed by atoms with Gasteiger partial charge < -0.3 is 10.1 Å². The predicted molar refractivity (Wildman–Crippen MR) is 256 cm³/mol. The molecule has 1 N–H and O–H groups in total. The molecule has 0 bridgehead atoms. The van der Waals surface area contributed by atoms with Crippen LogP contribution in [0.1, 0.15) is 66.3 Å². The van der Waals surface area contributed by atoms with Gasteiger partial charge in [0.1, 0.15) is 23.5 Å². The van der Waals surface area contributed by atoms with Gasteiger partial charge in [-0.05, 0) is 116 Å². The van der Waals surface area contributed by atoms with Crippen LogP contribution in [0.5, 0.6) is 5.75 Å². The van der Waals surface area contributed by atoms with Gasteiger partial charge in [0.25, 0.3) is 0 Å². The quantitative estimate of drug-likeness (QED) is 0.142. The number of ether oxygens (including phenoxy) is 1. The minimum atomic E-state index is -0.375. The Labute approximate surface area is 362 Å². The third-order valence-electron chi connectivity index (χ3n) is 14.4. The molecule has 0 saturated heterocycles. The summed E-state index contributed by atoms with van der Waals surface area (Å²) in [5.41, 5.74) is 12.4. The average Bonchev–Trinajstić information content (AvgIpc) is 3.64. The molecule has 4 nitrogen and oxygen atoms in total. The maximum atomic E-state index is 7.20. The Balaban J connectivity index is 0.877. The number of hydrogen-bond donors (Lipinski definition) is 1. The zero-order valence-electron chi connectivity index (χ0n) is 34.5. The lowest BCUT2D eigenvalue weighted by molar-refractivity contribution is 0.184. The monoisotopic (exact) mass is 799 g/mol. The van der Waals surface area contributed by atoms with Crippen molar-refractivity contribution in [1.29, 1.82) is 0 Å². The first kappa shape index (κ1) is 35.7. The van der Waals surface area contributed by atoms with E-state index in [-0.39, 0.29) is 23.6 Å². The van der Waals surface area contributed by atoms with Crippen LogP contribution in [0.15, 0.2) is 197 Å². The maximum Gasteiger partial charge on any atom is 0.165 e. The van der Waals surface area contributed by atoms with Gasteiger partial charge in [-0.1, -0.05) is 170 Å². The molecule has 0 saturated carbocycles. The van der Waals surface area contributed by atoms with E-state index in [1.807, 2.05) is 0 Å². The van der Waals surface area contributed by atoms with E-state index >= 15 is 0 Å². The van der Waals surface area contributed by atoms with Gasteiger partial charge in [-0.2, -0.15) is 0 Å². The van der Waals surface area contributed by atoms with Crippen LogP contribution in [-0.2, 0) is 5.41 Å². The Morgan fingerprint density at radius 2 is 1.31 bits per heavy atom. The summed E-state index contributed by atoms with van der Waals surface area (Å²) in [6.45, 7) is 0. The van der Waals surface area contributed by atoms with E-state index in [9.17, 15) is 0 Å². The highest BCUT2D eigenvalue weighted by molar-refractivity contribution is 6.26. The Kier molecular flexibility index (Phi) is 8.06. The van der Waals surface area contributed by atoms with Crippen LogP contribution in [0.25, 0.3) is 49.0 Å². The smallest absolute Gasteiger partial charge is 0.165 e. The first-order chi connectivity index (χ1) is 30.7. The number of allylic oxidation sites excluding steroid dienone is 7. The van der Waals surface area contributed by atoms with Gasteiger partial charge in [-0.15, -0.1) is 0 Å². The van der Waals surface area contributed by atoms with Crippen LogP contribution in [0.3, 0.4) is 0 Å². The van der Waals surface area contributed by atoms with E-state index in [0.29, 0.717) is 0 Å². The molecule has 298 valence electrons. The number of para-hydroxylation sites is 1. The third kappa shape index (κ3) is 5.25. The number of aliphatic imine (C=N–C) groups is 2. The molecule has 3 atom stereocenters. The highest BCUT2D eigenvalue weighted by Crippen LogP contribution is 2.62. The van der Waals surface area contributed by atoms with E-state index in [1.165, 1.54) is 76.9 Å². The zero-order valence-corrected chi connectivity index (χ0v) is 34.5. The summed E-state index contributed by atoms with van der Waals surface area (Å²) in [4.78, 5) is 10.7. The van der Waals surface area contributed by atoms with E-state index in [1.54, 1.807) is 0 Å². The Morgan fingerprint density at radius 1 is 0.629 bits per heavy atom. The second kappa shape index (κ2) is 14.0. The molecule has 4 heteroatoms. The molecule has 4 aliphatic carbocycles. The van der Waals surface area contributed by atoms with Gasteiger partial charge in [0.15, 0.2) is 6.17 Å². The highest BCUT2D eigenvalue weighted by Gasteiger charge is 2.54. The van der Waals surface area contributed by atoms with Crippen molar-refractivity contribution >= 4 is 49.6 Å². The number of fused-ring (bicyclic) bond motifs is 15. The summed E-state index contributed by atoms with van der Waals surface area (Å²) in [5, 5.41) is 11.4. The summed E-state index contributed by atoms with van der Waals surface area (Å²) in [7, 11) is 0.